The van der Waals surface area contributed by atoms with Crippen LogP contribution < -0.4 is 9.80 Å². The smallest absolute Gasteiger partial charge is 0.225 e. The topological polar surface area (TPSA) is 75.3 Å². The number of anilines is 2. The van der Waals surface area contributed by atoms with Crippen LogP contribution >= 0.6 is 0 Å². The van der Waals surface area contributed by atoms with E-state index in [0.717, 1.165) is 43.6 Å². The van der Waals surface area contributed by atoms with Crippen LogP contribution in [-0.2, 0) is 0 Å². The van der Waals surface area contributed by atoms with Crippen LogP contribution in [0.15, 0.2) is 36.9 Å². The molecule has 2 unspecified atom stereocenters. The highest BCUT2D eigenvalue weighted by Gasteiger charge is 2.41. The van der Waals surface area contributed by atoms with Crippen LogP contribution in [0.2, 0.25) is 0 Å². The molecule has 8 heteroatoms. The molecule has 0 aliphatic carbocycles. The summed E-state index contributed by atoms with van der Waals surface area (Å²) >= 11 is 0. The fraction of sp³-hybridized carbons (Fsp3) is 0.400. The first-order valence-corrected chi connectivity index (χ1v) is 7.81. The van der Waals surface area contributed by atoms with E-state index in [1.54, 1.807) is 23.2 Å². The summed E-state index contributed by atoms with van der Waals surface area (Å²) in [5.41, 5.74) is 0.778. The van der Waals surface area contributed by atoms with Crippen LogP contribution in [0.3, 0.4) is 0 Å². The van der Waals surface area contributed by atoms with Crippen molar-refractivity contribution in [2.45, 2.75) is 0 Å². The normalized spacial score (nSPS) is 23.7. The van der Waals surface area contributed by atoms with Gasteiger partial charge in [-0.2, -0.15) is 4.52 Å². The van der Waals surface area contributed by atoms with Crippen molar-refractivity contribution in [2.24, 2.45) is 11.8 Å². The molecule has 2 fully saturated rings. The van der Waals surface area contributed by atoms with Gasteiger partial charge in [0.15, 0.2) is 5.65 Å². The first-order valence-electron chi connectivity index (χ1n) is 7.81. The van der Waals surface area contributed by atoms with Crippen LogP contribution in [0.1, 0.15) is 0 Å². The molecule has 5 rings (SSSR count). The second-order valence-corrected chi connectivity index (χ2v) is 6.20. The van der Waals surface area contributed by atoms with Crippen molar-refractivity contribution >= 4 is 17.4 Å². The van der Waals surface area contributed by atoms with E-state index in [1.807, 2.05) is 18.2 Å². The van der Waals surface area contributed by atoms with E-state index >= 15 is 0 Å². The molecule has 8 nitrogen and oxygen atoms in total. The average molecular weight is 308 g/mol. The van der Waals surface area contributed by atoms with Crippen LogP contribution in [0.5, 0.6) is 0 Å². The Morgan fingerprint density at radius 1 is 0.913 bits per heavy atom. The predicted molar refractivity (Wildman–Crippen MR) is 84.2 cm³/mol. The van der Waals surface area contributed by atoms with Crippen molar-refractivity contribution in [1.82, 2.24) is 29.8 Å². The van der Waals surface area contributed by atoms with Crippen LogP contribution in [-0.4, -0.2) is 56.0 Å². The molecule has 23 heavy (non-hydrogen) atoms. The Morgan fingerprint density at radius 2 is 1.65 bits per heavy atom. The molecule has 3 aromatic rings. The molecule has 0 radical (unpaired) electrons. The van der Waals surface area contributed by atoms with E-state index in [1.165, 1.54) is 0 Å². The molecule has 0 N–H and O–H groups in total. The minimum atomic E-state index is 0.636. The first-order chi connectivity index (χ1) is 11.4. The number of hydrogen-bond donors (Lipinski definition) is 0. The van der Waals surface area contributed by atoms with E-state index in [-0.39, 0.29) is 0 Å². The largest absolute Gasteiger partial charge is 0.354 e. The van der Waals surface area contributed by atoms with Gasteiger partial charge in [0.25, 0.3) is 0 Å². The number of rotatable bonds is 2. The lowest BCUT2D eigenvalue weighted by Gasteiger charge is -2.22. The lowest BCUT2D eigenvalue weighted by molar-refractivity contribution is 0.533. The molecular weight excluding hydrogens is 292 g/mol. The van der Waals surface area contributed by atoms with Crippen LogP contribution in [0.4, 0.5) is 11.8 Å². The minimum absolute atomic E-state index is 0.636. The molecule has 3 aromatic heterocycles. The molecule has 2 atom stereocenters. The molecule has 0 saturated carbocycles. The molecule has 0 spiro atoms. The van der Waals surface area contributed by atoms with Gasteiger partial charge in [-0.1, -0.05) is 0 Å². The molecule has 0 aromatic carbocycles. The zero-order valence-corrected chi connectivity index (χ0v) is 12.5. The third-order valence-corrected chi connectivity index (χ3v) is 4.79. The SMILES string of the molecule is c1cnc(N2CC3CN(c4ccc5nncn5n4)CC3C2)nc1. The molecule has 2 saturated heterocycles. The van der Waals surface area contributed by atoms with Crippen LogP contribution in [0.25, 0.3) is 5.65 Å². The molecule has 2 aliphatic heterocycles. The number of nitrogens with zero attached hydrogens (tertiary/aromatic N) is 8. The van der Waals surface area contributed by atoms with Gasteiger partial charge >= 0.3 is 0 Å². The highest BCUT2D eigenvalue weighted by Crippen LogP contribution is 2.34. The predicted octanol–water partition coefficient (Wildman–Crippen LogP) is 0.487. The highest BCUT2D eigenvalue weighted by atomic mass is 15.4. The Kier molecular flexibility index (Phi) is 2.70. The third kappa shape index (κ3) is 2.09. The van der Waals surface area contributed by atoms with Gasteiger partial charge in [0.1, 0.15) is 12.1 Å². The lowest BCUT2D eigenvalue weighted by atomic mass is 10.0. The van der Waals surface area contributed by atoms with Gasteiger partial charge in [0, 0.05) is 50.4 Å². The van der Waals surface area contributed by atoms with Gasteiger partial charge < -0.3 is 9.80 Å². The van der Waals surface area contributed by atoms with Crippen molar-refractivity contribution in [3.05, 3.63) is 36.9 Å². The van der Waals surface area contributed by atoms with E-state index < -0.39 is 0 Å². The fourth-order valence-corrected chi connectivity index (χ4v) is 3.69. The van der Waals surface area contributed by atoms with Gasteiger partial charge in [-0.25, -0.2) is 9.97 Å². The monoisotopic (exact) mass is 308 g/mol. The Morgan fingerprint density at radius 3 is 2.43 bits per heavy atom. The summed E-state index contributed by atoms with van der Waals surface area (Å²) in [4.78, 5) is 13.4. The van der Waals surface area contributed by atoms with Crippen molar-refractivity contribution in [3.63, 3.8) is 0 Å². The quantitative estimate of drug-likeness (QED) is 0.682. The second-order valence-electron chi connectivity index (χ2n) is 6.20. The summed E-state index contributed by atoms with van der Waals surface area (Å²) in [5, 5.41) is 12.5. The maximum atomic E-state index is 4.60. The fourth-order valence-electron chi connectivity index (χ4n) is 3.69. The Balaban J connectivity index is 1.33. The van der Waals surface area contributed by atoms with Crippen molar-refractivity contribution in [2.75, 3.05) is 36.0 Å². The zero-order chi connectivity index (χ0) is 15.2. The summed E-state index contributed by atoms with van der Waals surface area (Å²) in [6.45, 7) is 4.07. The van der Waals surface area contributed by atoms with Gasteiger partial charge in [-0.3, -0.25) is 0 Å². The number of hydrogen-bond acceptors (Lipinski definition) is 7. The average Bonchev–Trinajstić information content (AvgIpc) is 3.28. The third-order valence-electron chi connectivity index (χ3n) is 4.79. The Labute approximate surface area is 132 Å². The number of fused-ring (bicyclic) bond motifs is 2. The van der Waals surface area contributed by atoms with Crippen LogP contribution in [0, 0.1) is 11.8 Å². The van der Waals surface area contributed by atoms with Crippen molar-refractivity contribution in [3.8, 4) is 0 Å². The van der Waals surface area contributed by atoms with E-state index in [9.17, 15) is 0 Å². The standard InChI is InChI=1S/C15H16N8/c1-4-16-15(17-5-1)22-8-11-6-21(7-12(11)9-22)14-3-2-13-19-18-10-23(13)20-14/h1-5,10-12H,6-9H2. The van der Waals surface area contributed by atoms with E-state index in [2.05, 4.69) is 35.1 Å². The molecule has 0 amide bonds. The van der Waals surface area contributed by atoms with Crippen molar-refractivity contribution in [1.29, 1.82) is 0 Å². The van der Waals surface area contributed by atoms with Gasteiger partial charge in [-0.05, 0) is 18.2 Å². The number of aromatic nitrogens is 6. The molecular formula is C15H16N8. The summed E-state index contributed by atoms with van der Waals surface area (Å²) in [5.74, 6) is 3.11. The summed E-state index contributed by atoms with van der Waals surface area (Å²) < 4.78 is 1.73. The Hall–Kier alpha value is -2.77. The Bertz CT molecular complexity index is 818. The summed E-state index contributed by atoms with van der Waals surface area (Å²) in [6.07, 6.45) is 5.26. The first kappa shape index (κ1) is 12.7. The lowest BCUT2D eigenvalue weighted by Crippen LogP contribution is -2.30. The van der Waals surface area contributed by atoms with Crippen molar-refractivity contribution < 1.29 is 0 Å². The highest BCUT2D eigenvalue weighted by molar-refractivity contribution is 5.47. The van der Waals surface area contributed by atoms with E-state index in [0.29, 0.717) is 11.8 Å². The maximum absolute atomic E-state index is 4.60. The maximum Gasteiger partial charge on any atom is 0.225 e. The zero-order valence-electron chi connectivity index (χ0n) is 12.5. The molecule has 2 aliphatic rings. The summed E-state index contributed by atoms with van der Waals surface area (Å²) in [6, 6.07) is 5.85. The van der Waals surface area contributed by atoms with Gasteiger partial charge in [0.2, 0.25) is 5.95 Å². The minimum Gasteiger partial charge on any atom is -0.354 e. The summed E-state index contributed by atoms with van der Waals surface area (Å²) in [7, 11) is 0. The molecule has 0 bridgehead atoms. The van der Waals surface area contributed by atoms with Gasteiger partial charge in [-0.15, -0.1) is 15.3 Å². The second kappa shape index (κ2) is 4.87. The molecule has 116 valence electrons. The van der Waals surface area contributed by atoms with Gasteiger partial charge in [0.05, 0.1) is 0 Å². The van der Waals surface area contributed by atoms with E-state index in [4.69, 9.17) is 0 Å². The molecule has 5 heterocycles.